The first-order valence-corrected chi connectivity index (χ1v) is 5.05. The van der Waals surface area contributed by atoms with Crippen LogP contribution in [-0.2, 0) is 4.74 Å². The van der Waals surface area contributed by atoms with E-state index < -0.39 is 0 Å². The fraction of sp³-hybridized carbons (Fsp3) is 0.364. The van der Waals surface area contributed by atoms with Gasteiger partial charge in [-0.05, 0) is 19.1 Å². The zero-order valence-electron chi connectivity index (χ0n) is 9.15. The van der Waals surface area contributed by atoms with Crippen molar-refractivity contribution >= 4 is 11.6 Å². The molecule has 2 unspecified atom stereocenters. The molecule has 0 saturated carbocycles. The number of anilines is 1. The molecule has 0 saturated heterocycles. The highest BCUT2D eigenvalue weighted by molar-refractivity contribution is 6.01. The molecular formula is C11H14N2O3. The number of aromatic hydroxyl groups is 1. The predicted octanol–water partition coefficient (Wildman–Crippen LogP) is 0.908. The van der Waals surface area contributed by atoms with Crippen LogP contribution >= 0.6 is 0 Å². The van der Waals surface area contributed by atoms with Gasteiger partial charge < -0.3 is 20.5 Å². The van der Waals surface area contributed by atoms with E-state index in [1.165, 1.54) is 6.07 Å². The van der Waals surface area contributed by atoms with E-state index in [0.29, 0.717) is 11.3 Å². The molecular weight excluding hydrogens is 208 g/mol. The van der Waals surface area contributed by atoms with Crippen LogP contribution in [0.15, 0.2) is 18.2 Å². The summed E-state index contributed by atoms with van der Waals surface area (Å²) < 4.78 is 5.21. The Morgan fingerprint density at radius 2 is 2.12 bits per heavy atom. The number of methoxy groups -OCH3 is 1. The molecule has 0 aliphatic carbocycles. The number of amides is 1. The summed E-state index contributed by atoms with van der Waals surface area (Å²) in [6, 6.07) is 4.64. The molecule has 86 valence electrons. The third-order valence-electron chi connectivity index (χ3n) is 2.64. The van der Waals surface area contributed by atoms with Gasteiger partial charge in [-0.25, -0.2) is 0 Å². The van der Waals surface area contributed by atoms with Gasteiger partial charge in [0.05, 0.1) is 17.3 Å². The second-order valence-corrected chi connectivity index (χ2v) is 3.76. The molecule has 5 nitrogen and oxygen atoms in total. The number of benzene rings is 1. The average Bonchev–Trinajstić information content (AvgIpc) is 2.37. The van der Waals surface area contributed by atoms with Crippen molar-refractivity contribution in [1.82, 2.24) is 5.32 Å². The van der Waals surface area contributed by atoms with Gasteiger partial charge in [-0.3, -0.25) is 4.79 Å². The molecule has 0 fully saturated rings. The van der Waals surface area contributed by atoms with Crippen LogP contribution in [0.1, 0.15) is 17.3 Å². The number of hydrogen-bond acceptors (Lipinski definition) is 4. The van der Waals surface area contributed by atoms with Gasteiger partial charge in [0.15, 0.2) is 0 Å². The Kier molecular flexibility index (Phi) is 2.70. The maximum Gasteiger partial charge on any atom is 0.253 e. The fourth-order valence-corrected chi connectivity index (χ4v) is 1.77. The minimum absolute atomic E-state index is 0.0452. The Labute approximate surface area is 93.4 Å². The lowest BCUT2D eigenvalue weighted by atomic mass is 10.1. The molecule has 1 aromatic rings. The molecule has 2 rings (SSSR count). The van der Waals surface area contributed by atoms with E-state index in [-0.39, 0.29) is 23.9 Å². The molecule has 0 bridgehead atoms. The van der Waals surface area contributed by atoms with Gasteiger partial charge >= 0.3 is 0 Å². The lowest BCUT2D eigenvalue weighted by Crippen LogP contribution is -2.43. The summed E-state index contributed by atoms with van der Waals surface area (Å²) in [6.45, 7) is 1.84. The molecule has 0 radical (unpaired) electrons. The lowest BCUT2D eigenvalue weighted by Gasteiger charge is -2.22. The van der Waals surface area contributed by atoms with Crippen LogP contribution in [0.3, 0.4) is 0 Å². The second-order valence-electron chi connectivity index (χ2n) is 3.76. The van der Waals surface area contributed by atoms with Crippen LogP contribution in [0.2, 0.25) is 0 Å². The van der Waals surface area contributed by atoms with Crippen molar-refractivity contribution in [3.8, 4) is 5.75 Å². The van der Waals surface area contributed by atoms with Crippen molar-refractivity contribution in [2.75, 3.05) is 12.4 Å². The number of phenolic OH excluding ortho intramolecular Hbond substituents is 1. The monoisotopic (exact) mass is 222 g/mol. The smallest absolute Gasteiger partial charge is 0.253 e. The predicted molar refractivity (Wildman–Crippen MR) is 59.5 cm³/mol. The standard InChI is InChI=1S/C11H14N2O3/c1-6-11(16-2)13-9-7(10(15)12-6)4-3-5-8(9)14/h3-6,11,13-14H,1-2H3,(H,12,15). The second kappa shape index (κ2) is 4.02. The zero-order valence-corrected chi connectivity index (χ0v) is 9.15. The van der Waals surface area contributed by atoms with Gasteiger partial charge in [0, 0.05) is 7.11 Å². The molecule has 1 aromatic carbocycles. The van der Waals surface area contributed by atoms with E-state index >= 15 is 0 Å². The van der Waals surface area contributed by atoms with Crippen molar-refractivity contribution < 1.29 is 14.6 Å². The first-order chi connectivity index (χ1) is 7.63. The van der Waals surface area contributed by atoms with Gasteiger partial charge in [0.2, 0.25) is 0 Å². The summed E-state index contributed by atoms with van der Waals surface area (Å²) in [7, 11) is 1.55. The van der Waals surface area contributed by atoms with E-state index in [2.05, 4.69) is 10.6 Å². The summed E-state index contributed by atoms with van der Waals surface area (Å²) in [5.74, 6) is -0.172. The Hall–Kier alpha value is -1.75. The first-order valence-electron chi connectivity index (χ1n) is 5.05. The van der Waals surface area contributed by atoms with E-state index in [0.717, 1.165) is 0 Å². The number of fused-ring (bicyclic) bond motifs is 1. The molecule has 1 amide bonds. The van der Waals surface area contributed by atoms with Crippen LogP contribution in [0, 0.1) is 0 Å². The van der Waals surface area contributed by atoms with Crippen molar-refractivity contribution in [3.05, 3.63) is 23.8 Å². The van der Waals surface area contributed by atoms with Crippen LogP contribution in [-0.4, -0.2) is 30.4 Å². The van der Waals surface area contributed by atoms with Crippen LogP contribution in [0.25, 0.3) is 0 Å². The van der Waals surface area contributed by atoms with E-state index in [9.17, 15) is 9.90 Å². The van der Waals surface area contributed by atoms with Gasteiger partial charge in [0.25, 0.3) is 5.91 Å². The number of hydrogen-bond donors (Lipinski definition) is 3. The Balaban J connectivity index is 2.47. The third kappa shape index (κ3) is 1.69. The summed E-state index contributed by atoms with van der Waals surface area (Å²) in [4.78, 5) is 11.8. The van der Waals surface area contributed by atoms with Gasteiger partial charge in [-0.15, -0.1) is 0 Å². The normalized spacial score (nSPS) is 24.0. The molecule has 1 heterocycles. The van der Waals surface area contributed by atoms with Crippen LogP contribution < -0.4 is 10.6 Å². The molecule has 2 atom stereocenters. The molecule has 0 spiro atoms. The van der Waals surface area contributed by atoms with E-state index in [1.54, 1.807) is 19.2 Å². The average molecular weight is 222 g/mol. The van der Waals surface area contributed by atoms with Gasteiger partial charge in [0.1, 0.15) is 12.0 Å². The summed E-state index contributed by atoms with van der Waals surface area (Å²) in [6.07, 6.45) is -0.363. The maximum atomic E-state index is 11.8. The number of rotatable bonds is 1. The minimum Gasteiger partial charge on any atom is -0.506 e. The SMILES string of the molecule is COC1Nc2c(O)cccc2C(=O)NC1C. The molecule has 5 heteroatoms. The molecule has 1 aliphatic rings. The summed E-state index contributed by atoms with van der Waals surface area (Å²) in [5.41, 5.74) is 0.836. The van der Waals surface area contributed by atoms with Crippen molar-refractivity contribution in [2.24, 2.45) is 0 Å². The molecule has 16 heavy (non-hydrogen) atoms. The molecule has 0 aromatic heterocycles. The van der Waals surface area contributed by atoms with Gasteiger partial charge in [-0.1, -0.05) is 6.07 Å². The zero-order chi connectivity index (χ0) is 11.7. The first kappa shape index (κ1) is 10.8. The lowest BCUT2D eigenvalue weighted by molar-refractivity contribution is 0.0793. The Morgan fingerprint density at radius 3 is 2.81 bits per heavy atom. The van der Waals surface area contributed by atoms with Crippen LogP contribution in [0.5, 0.6) is 5.75 Å². The fourth-order valence-electron chi connectivity index (χ4n) is 1.77. The highest BCUT2D eigenvalue weighted by Crippen LogP contribution is 2.30. The number of carbonyl (C=O) groups excluding carboxylic acids is 1. The van der Waals surface area contributed by atoms with E-state index in [1.807, 2.05) is 6.92 Å². The number of carbonyl (C=O) groups is 1. The largest absolute Gasteiger partial charge is 0.506 e. The number of phenols is 1. The third-order valence-corrected chi connectivity index (χ3v) is 2.64. The topological polar surface area (TPSA) is 70.6 Å². The summed E-state index contributed by atoms with van der Waals surface area (Å²) >= 11 is 0. The van der Waals surface area contributed by atoms with Crippen molar-refractivity contribution in [1.29, 1.82) is 0 Å². The minimum atomic E-state index is -0.363. The number of ether oxygens (including phenoxy) is 1. The van der Waals surface area contributed by atoms with Crippen molar-refractivity contribution in [2.45, 2.75) is 19.2 Å². The Morgan fingerprint density at radius 1 is 1.38 bits per heavy atom. The number of para-hydroxylation sites is 1. The number of nitrogens with one attached hydrogen (secondary N) is 2. The summed E-state index contributed by atoms with van der Waals surface area (Å²) in [5, 5.41) is 15.5. The van der Waals surface area contributed by atoms with Crippen LogP contribution in [0.4, 0.5) is 5.69 Å². The van der Waals surface area contributed by atoms with Gasteiger partial charge in [-0.2, -0.15) is 0 Å². The molecule has 1 aliphatic heterocycles. The maximum absolute atomic E-state index is 11.8. The Bertz CT molecular complexity index is 420. The van der Waals surface area contributed by atoms with Crippen molar-refractivity contribution in [3.63, 3.8) is 0 Å². The quantitative estimate of drug-likeness (QED) is 0.618. The van der Waals surface area contributed by atoms with E-state index in [4.69, 9.17) is 4.74 Å². The highest BCUT2D eigenvalue weighted by Gasteiger charge is 2.27. The molecule has 3 N–H and O–H groups in total. The highest BCUT2D eigenvalue weighted by atomic mass is 16.5.